The highest BCUT2D eigenvalue weighted by Gasteiger charge is 2.30. The van der Waals surface area contributed by atoms with Crippen LogP contribution in [0, 0.1) is 10.1 Å². The number of rotatable bonds is 4. The molecule has 3 rings (SSSR count). The van der Waals surface area contributed by atoms with Gasteiger partial charge < -0.3 is 10.6 Å². The van der Waals surface area contributed by atoms with Crippen LogP contribution in [-0.4, -0.2) is 46.0 Å². The number of hydrogen-bond donors (Lipinski definition) is 1. The molecule has 132 valence electrons. The molecule has 1 atom stereocenters. The lowest BCUT2D eigenvalue weighted by atomic mass is 10.1. The number of nitrogens with zero attached hydrogens (tertiary/aromatic N) is 5. The summed E-state index contributed by atoms with van der Waals surface area (Å²) in [4.78, 5) is 23.2. The van der Waals surface area contributed by atoms with Gasteiger partial charge in [-0.05, 0) is 40.5 Å². The van der Waals surface area contributed by atoms with E-state index in [2.05, 4.69) is 37.7 Å². The van der Waals surface area contributed by atoms with Crippen LogP contribution in [-0.2, 0) is 0 Å². The molecule has 2 N–H and O–H groups in total. The van der Waals surface area contributed by atoms with Gasteiger partial charge in [0.05, 0.1) is 9.40 Å². The zero-order valence-electron chi connectivity index (χ0n) is 13.8. The molecule has 0 saturated carbocycles. The quantitative estimate of drug-likeness (QED) is 0.614. The molecule has 0 amide bonds. The maximum Gasteiger partial charge on any atom is 0.335 e. The molecule has 25 heavy (non-hydrogen) atoms. The lowest BCUT2D eigenvalue weighted by molar-refractivity contribution is -0.383. The monoisotopic (exact) mass is 406 g/mol. The third-order valence-corrected chi connectivity index (χ3v) is 5.14. The molecule has 1 aliphatic heterocycles. The average molecular weight is 407 g/mol. The van der Waals surface area contributed by atoms with Gasteiger partial charge in [0.15, 0.2) is 0 Å². The lowest BCUT2D eigenvalue weighted by Gasteiger charge is -2.39. The molecular formula is C16H19BrN6O2. The SMILES string of the molecule is C[C@@H](c1ccncc1)N1CCN(c2c(Br)cnc(N)c2[N+](=O)[O-])CC1. The van der Waals surface area contributed by atoms with Crippen molar-refractivity contribution in [2.45, 2.75) is 13.0 Å². The summed E-state index contributed by atoms with van der Waals surface area (Å²) in [5.41, 5.74) is 7.32. The second-order valence-electron chi connectivity index (χ2n) is 5.93. The van der Waals surface area contributed by atoms with E-state index in [0.717, 1.165) is 13.1 Å². The molecule has 2 aromatic heterocycles. The summed E-state index contributed by atoms with van der Waals surface area (Å²) in [6.45, 7) is 5.12. The highest BCUT2D eigenvalue weighted by atomic mass is 79.9. The first-order valence-electron chi connectivity index (χ1n) is 7.96. The second kappa shape index (κ2) is 7.32. The van der Waals surface area contributed by atoms with Gasteiger partial charge in [-0.25, -0.2) is 4.98 Å². The van der Waals surface area contributed by atoms with Crippen LogP contribution in [0.15, 0.2) is 35.2 Å². The molecule has 1 saturated heterocycles. The number of pyridine rings is 2. The Morgan fingerprint density at radius 1 is 1.28 bits per heavy atom. The van der Waals surface area contributed by atoms with Gasteiger partial charge in [-0.1, -0.05) is 0 Å². The highest BCUT2D eigenvalue weighted by molar-refractivity contribution is 9.10. The van der Waals surface area contributed by atoms with Gasteiger partial charge in [-0.15, -0.1) is 0 Å². The molecule has 0 spiro atoms. The zero-order valence-corrected chi connectivity index (χ0v) is 15.4. The number of anilines is 2. The Balaban J connectivity index is 1.77. The van der Waals surface area contributed by atoms with Crippen LogP contribution in [0.5, 0.6) is 0 Å². The van der Waals surface area contributed by atoms with E-state index in [-0.39, 0.29) is 17.5 Å². The summed E-state index contributed by atoms with van der Waals surface area (Å²) in [7, 11) is 0. The van der Waals surface area contributed by atoms with E-state index in [1.165, 1.54) is 11.8 Å². The number of aromatic nitrogens is 2. The Bertz CT molecular complexity index is 765. The van der Waals surface area contributed by atoms with Crippen molar-refractivity contribution in [2.24, 2.45) is 0 Å². The van der Waals surface area contributed by atoms with Crippen molar-refractivity contribution in [3.63, 3.8) is 0 Å². The minimum Gasteiger partial charge on any atom is -0.378 e. The third kappa shape index (κ3) is 3.57. The Morgan fingerprint density at radius 3 is 2.52 bits per heavy atom. The van der Waals surface area contributed by atoms with Crippen LogP contribution in [0.3, 0.4) is 0 Å². The Labute approximate surface area is 153 Å². The first-order valence-corrected chi connectivity index (χ1v) is 8.75. The molecule has 2 aromatic rings. The van der Waals surface area contributed by atoms with E-state index in [1.807, 2.05) is 17.0 Å². The molecule has 1 fully saturated rings. The first-order chi connectivity index (χ1) is 12.0. The number of piperazine rings is 1. The summed E-state index contributed by atoms with van der Waals surface area (Å²) in [6.07, 6.45) is 5.11. The molecule has 0 bridgehead atoms. The molecule has 1 aliphatic rings. The number of nitro groups is 1. The van der Waals surface area contributed by atoms with Gasteiger partial charge in [0, 0.05) is 50.8 Å². The second-order valence-corrected chi connectivity index (χ2v) is 6.78. The number of hydrogen-bond acceptors (Lipinski definition) is 7. The van der Waals surface area contributed by atoms with Gasteiger partial charge in [-0.3, -0.25) is 20.0 Å². The molecule has 0 unspecified atom stereocenters. The molecule has 8 nitrogen and oxygen atoms in total. The van der Waals surface area contributed by atoms with E-state index >= 15 is 0 Å². The van der Waals surface area contributed by atoms with Crippen LogP contribution < -0.4 is 10.6 Å². The standard InChI is InChI=1S/C16H19BrN6O2/c1-11(12-2-4-19-5-3-12)21-6-8-22(9-7-21)14-13(17)10-20-16(18)15(14)23(24)25/h2-5,10-11H,6-9H2,1H3,(H2,18,20)/t11-/m0/s1. The van der Waals surface area contributed by atoms with Gasteiger partial charge in [0.25, 0.3) is 0 Å². The maximum absolute atomic E-state index is 11.4. The normalized spacial score (nSPS) is 16.6. The van der Waals surface area contributed by atoms with Crippen molar-refractivity contribution in [3.8, 4) is 0 Å². The summed E-state index contributed by atoms with van der Waals surface area (Å²) in [5.74, 6) is -0.0595. The van der Waals surface area contributed by atoms with Crippen molar-refractivity contribution in [1.29, 1.82) is 0 Å². The van der Waals surface area contributed by atoms with E-state index in [4.69, 9.17) is 5.73 Å². The van der Waals surface area contributed by atoms with Gasteiger partial charge in [0.1, 0.15) is 5.69 Å². The first kappa shape index (κ1) is 17.6. The van der Waals surface area contributed by atoms with E-state index in [9.17, 15) is 10.1 Å². The minimum atomic E-state index is -0.464. The topological polar surface area (TPSA) is 101 Å². The van der Waals surface area contributed by atoms with Crippen LogP contribution in [0.25, 0.3) is 0 Å². The summed E-state index contributed by atoms with van der Waals surface area (Å²) >= 11 is 3.38. The molecule has 0 radical (unpaired) electrons. The van der Waals surface area contributed by atoms with Crippen LogP contribution in [0.2, 0.25) is 0 Å². The van der Waals surface area contributed by atoms with Crippen LogP contribution in [0.4, 0.5) is 17.2 Å². The Hall–Kier alpha value is -2.26. The average Bonchev–Trinajstić information content (AvgIpc) is 2.63. The fraction of sp³-hybridized carbons (Fsp3) is 0.375. The van der Waals surface area contributed by atoms with Gasteiger partial charge in [-0.2, -0.15) is 0 Å². The van der Waals surface area contributed by atoms with E-state index in [0.29, 0.717) is 23.2 Å². The molecule has 3 heterocycles. The lowest BCUT2D eigenvalue weighted by Crippen LogP contribution is -2.47. The van der Waals surface area contributed by atoms with Crippen molar-refractivity contribution in [1.82, 2.24) is 14.9 Å². The molecular weight excluding hydrogens is 388 g/mol. The third-order valence-electron chi connectivity index (χ3n) is 4.56. The molecule has 0 aromatic carbocycles. The predicted molar refractivity (Wildman–Crippen MR) is 99.4 cm³/mol. The van der Waals surface area contributed by atoms with E-state index < -0.39 is 4.92 Å². The molecule has 9 heteroatoms. The van der Waals surface area contributed by atoms with Crippen LogP contribution >= 0.6 is 15.9 Å². The fourth-order valence-electron chi connectivity index (χ4n) is 3.15. The Kier molecular flexibility index (Phi) is 5.14. The maximum atomic E-state index is 11.4. The number of halogens is 1. The zero-order chi connectivity index (χ0) is 18.0. The summed E-state index contributed by atoms with van der Waals surface area (Å²) in [6, 6.07) is 4.30. The predicted octanol–water partition coefficient (Wildman–Crippen LogP) is 2.61. The van der Waals surface area contributed by atoms with Crippen molar-refractivity contribution in [3.05, 3.63) is 50.9 Å². The van der Waals surface area contributed by atoms with E-state index in [1.54, 1.807) is 12.4 Å². The molecule has 0 aliphatic carbocycles. The van der Waals surface area contributed by atoms with Crippen LogP contribution in [0.1, 0.15) is 18.5 Å². The van der Waals surface area contributed by atoms with Crippen molar-refractivity contribution in [2.75, 3.05) is 36.8 Å². The number of nitrogens with two attached hydrogens (primary N) is 1. The van der Waals surface area contributed by atoms with Crippen molar-refractivity contribution >= 4 is 33.1 Å². The largest absolute Gasteiger partial charge is 0.378 e. The number of nitrogen functional groups attached to an aromatic ring is 1. The van der Waals surface area contributed by atoms with Crippen molar-refractivity contribution < 1.29 is 4.92 Å². The Morgan fingerprint density at radius 2 is 1.92 bits per heavy atom. The summed E-state index contributed by atoms with van der Waals surface area (Å²) < 4.78 is 0.587. The minimum absolute atomic E-state index is 0.0595. The smallest absolute Gasteiger partial charge is 0.335 e. The highest BCUT2D eigenvalue weighted by Crippen LogP contribution is 2.39. The fourth-order valence-corrected chi connectivity index (χ4v) is 3.69. The van der Waals surface area contributed by atoms with Gasteiger partial charge >= 0.3 is 5.69 Å². The summed E-state index contributed by atoms with van der Waals surface area (Å²) in [5, 5.41) is 11.4. The van der Waals surface area contributed by atoms with Gasteiger partial charge in [0.2, 0.25) is 5.82 Å².